The Morgan fingerprint density at radius 1 is 1.08 bits per heavy atom. The lowest BCUT2D eigenvalue weighted by Gasteiger charge is -2.28. The number of ether oxygens (including phenoxy) is 1. The Morgan fingerprint density at radius 2 is 1.83 bits per heavy atom. The summed E-state index contributed by atoms with van der Waals surface area (Å²) in [6.07, 6.45) is 1.19. The van der Waals surface area contributed by atoms with Crippen LogP contribution in [0, 0.1) is 0 Å². The number of fused-ring (bicyclic) bond motifs is 1. The first-order chi connectivity index (χ1) is 17.2. The predicted octanol–water partition coefficient (Wildman–Crippen LogP) is 5.43. The van der Waals surface area contributed by atoms with Gasteiger partial charge in [0.1, 0.15) is 18.1 Å². The van der Waals surface area contributed by atoms with Crippen molar-refractivity contribution >= 4 is 32.8 Å². The van der Waals surface area contributed by atoms with E-state index in [-0.39, 0.29) is 24.2 Å². The summed E-state index contributed by atoms with van der Waals surface area (Å²) in [7, 11) is -3.17. The third-order valence-electron chi connectivity index (χ3n) is 6.27. The minimum atomic E-state index is -3.17. The van der Waals surface area contributed by atoms with E-state index in [0.29, 0.717) is 11.4 Å². The van der Waals surface area contributed by atoms with Crippen LogP contribution in [0.25, 0.3) is 11.1 Å². The van der Waals surface area contributed by atoms with Crippen LogP contribution >= 0.6 is 11.3 Å². The van der Waals surface area contributed by atoms with E-state index in [4.69, 9.17) is 4.74 Å². The number of anilines is 1. The van der Waals surface area contributed by atoms with Crippen LogP contribution in [0.4, 0.5) is 5.69 Å². The van der Waals surface area contributed by atoms with Gasteiger partial charge in [-0.2, -0.15) is 16.4 Å². The molecule has 0 saturated heterocycles. The zero-order valence-corrected chi connectivity index (χ0v) is 21.9. The van der Waals surface area contributed by atoms with Gasteiger partial charge in [0.2, 0.25) is 0 Å². The highest BCUT2D eigenvalue weighted by Crippen LogP contribution is 2.46. The molecule has 1 aliphatic rings. The van der Waals surface area contributed by atoms with Gasteiger partial charge in [0.15, 0.2) is 9.84 Å². The van der Waals surface area contributed by atoms with Crippen molar-refractivity contribution in [2.24, 2.45) is 0 Å². The van der Waals surface area contributed by atoms with E-state index in [1.54, 1.807) is 16.2 Å². The fraction of sp³-hybridized carbons (Fsp3) is 0.259. The monoisotopic (exact) mass is 521 g/mol. The molecule has 36 heavy (non-hydrogen) atoms. The number of H-pyrrole nitrogens is 1. The van der Waals surface area contributed by atoms with Gasteiger partial charge in [-0.1, -0.05) is 44.2 Å². The summed E-state index contributed by atoms with van der Waals surface area (Å²) in [5.74, 6) is 0.387. The zero-order valence-electron chi connectivity index (χ0n) is 20.3. The van der Waals surface area contributed by atoms with Gasteiger partial charge in [0.25, 0.3) is 5.91 Å². The Labute approximate surface area is 214 Å². The molecule has 0 radical (unpaired) electrons. The second kappa shape index (κ2) is 9.55. The van der Waals surface area contributed by atoms with Crippen molar-refractivity contribution in [3.05, 3.63) is 87.9 Å². The molecule has 1 N–H and O–H groups in total. The Kier molecular flexibility index (Phi) is 6.44. The maximum absolute atomic E-state index is 13.7. The SMILES string of the molecule is CC(C)c1n[nH]c2c1C(c1ccccc1OCCS(C)(=O)=O)N(c1ccc(-c3ccsc3)cc1)C2=O. The number of sulfone groups is 1. The number of hydrogen-bond donors (Lipinski definition) is 1. The molecule has 1 aliphatic heterocycles. The molecule has 0 fully saturated rings. The summed E-state index contributed by atoms with van der Waals surface area (Å²) < 4.78 is 29.3. The van der Waals surface area contributed by atoms with Crippen LogP contribution in [0.15, 0.2) is 65.4 Å². The van der Waals surface area contributed by atoms with E-state index in [1.807, 2.05) is 67.8 Å². The molecule has 1 atom stereocenters. The number of amides is 1. The molecule has 186 valence electrons. The summed E-state index contributed by atoms with van der Waals surface area (Å²) in [6.45, 7) is 4.12. The molecule has 1 unspecified atom stereocenters. The molecule has 7 nitrogen and oxygen atoms in total. The second-order valence-electron chi connectivity index (χ2n) is 9.20. The zero-order chi connectivity index (χ0) is 25.4. The molecule has 5 rings (SSSR count). The smallest absolute Gasteiger partial charge is 0.277 e. The number of carbonyl (C=O) groups is 1. The van der Waals surface area contributed by atoms with Crippen molar-refractivity contribution in [2.75, 3.05) is 23.5 Å². The highest BCUT2D eigenvalue weighted by atomic mass is 32.2. The van der Waals surface area contributed by atoms with E-state index in [2.05, 4.69) is 21.6 Å². The number of thiophene rings is 1. The summed E-state index contributed by atoms with van der Waals surface area (Å²) in [5.41, 5.74) is 5.88. The van der Waals surface area contributed by atoms with Crippen LogP contribution in [0.3, 0.4) is 0 Å². The second-order valence-corrected chi connectivity index (χ2v) is 12.2. The van der Waals surface area contributed by atoms with Crippen LogP contribution in [0.5, 0.6) is 5.75 Å². The van der Waals surface area contributed by atoms with Crippen LogP contribution in [0.1, 0.15) is 53.1 Å². The van der Waals surface area contributed by atoms with Gasteiger partial charge in [0.05, 0.1) is 17.5 Å². The molecule has 9 heteroatoms. The molecule has 2 aromatic heterocycles. The van der Waals surface area contributed by atoms with Gasteiger partial charge < -0.3 is 4.74 Å². The maximum Gasteiger partial charge on any atom is 0.277 e. The Bertz CT molecular complexity index is 1490. The number of aromatic amines is 1. The highest BCUT2D eigenvalue weighted by molar-refractivity contribution is 7.90. The van der Waals surface area contributed by atoms with Gasteiger partial charge >= 0.3 is 0 Å². The highest BCUT2D eigenvalue weighted by Gasteiger charge is 2.44. The summed E-state index contributed by atoms with van der Waals surface area (Å²) in [6, 6.07) is 17.0. The number of para-hydroxylation sites is 1. The molecule has 0 saturated carbocycles. The predicted molar refractivity (Wildman–Crippen MR) is 143 cm³/mol. The largest absolute Gasteiger partial charge is 0.492 e. The lowest BCUT2D eigenvalue weighted by Crippen LogP contribution is -2.30. The van der Waals surface area contributed by atoms with Gasteiger partial charge in [-0.25, -0.2) is 8.42 Å². The molecular weight excluding hydrogens is 494 g/mol. The van der Waals surface area contributed by atoms with Gasteiger partial charge in [-0.15, -0.1) is 0 Å². The molecule has 2 aromatic carbocycles. The number of nitrogens with one attached hydrogen (secondary N) is 1. The average Bonchev–Trinajstić information content (AvgIpc) is 3.57. The van der Waals surface area contributed by atoms with Crippen molar-refractivity contribution in [1.82, 2.24) is 10.2 Å². The van der Waals surface area contributed by atoms with Crippen molar-refractivity contribution in [1.29, 1.82) is 0 Å². The Hall–Kier alpha value is -3.43. The number of hydrogen-bond acceptors (Lipinski definition) is 6. The lowest BCUT2D eigenvalue weighted by atomic mass is 9.94. The van der Waals surface area contributed by atoms with Crippen LogP contribution in [-0.4, -0.2) is 43.1 Å². The fourth-order valence-electron chi connectivity index (χ4n) is 4.56. The number of aromatic nitrogens is 2. The number of carbonyl (C=O) groups excluding carboxylic acids is 1. The number of benzene rings is 2. The molecule has 0 spiro atoms. The maximum atomic E-state index is 13.7. The van der Waals surface area contributed by atoms with Crippen molar-refractivity contribution in [3.63, 3.8) is 0 Å². The van der Waals surface area contributed by atoms with Gasteiger partial charge in [-0.05, 0) is 52.1 Å². The average molecular weight is 522 g/mol. The van der Waals surface area contributed by atoms with Gasteiger partial charge in [-0.3, -0.25) is 14.8 Å². The van der Waals surface area contributed by atoms with E-state index in [1.165, 1.54) is 6.26 Å². The number of nitrogens with zero attached hydrogens (tertiary/aromatic N) is 2. The van der Waals surface area contributed by atoms with Crippen molar-refractivity contribution in [3.8, 4) is 16.9 Å². The normalized spacial score (nSPS) is 15.5. The van der Waals surface area contributed by atoms with E-state index in [0.717, 1.165) is 33.6 Å². The first-order valence-electron chi connectivity index (χ1n) is 11.7. The molecule has 0 aliphatic carbocycles. The summed E-state index contributed by atoms with van der Waals surface area (Å²) >= 11 is 1.64. The Morgan fingerprint density at radius 3 is 2.50 bits per heavy atom. The third-order valence-corrected chi connectivity index (χ3v) is 7.86. The molecule has 3 heterocycles. The molecule has 0 bridgehead atoms. The molecule has 4 aromatic rings. The first kappa shape index (κ1) is 24.3. The minimum Gasteiger partial charge on any atom is -0.492 e. The fourth-order valence-corrected chi connectivity index (χ4v) is 5.61. The van der Waals surface area contributed by atoms with Gasteiger partial charge in [0, 0.05) is 23.1 Å². The van der Waals surface area contributed by atoms with E-state index < -0.39 is 15.9 Å². The quantitative estimate of drug-likeness (QED) is 0.334. The van der Waals surface area contributed by atoms with Crippen LogP contribution < -0.4 is 9.64 Å². The van der Waals surface area contributed by atoms with Crippen LogP contribution in [-0.2, 0) is 9.84 Å². The minimum absolute atomic E-state index is 0.0289. The number of rotatable bonds is 8. The van der Waals surface area contributed by atoms with E-state index >= 15 is 0 Å². The topological polar surface area (TPSA) is 92.4 Å². The summed E-state index contributed by atoms with van der Waals surface area (Å²) in [5, 5.41) is 11.6. The van der Waals surface area contributed by atoms with Crippen LogP contribution in [0.2, 0.25) is 0 Å². The first-order valence-corrected chi connectivity index (χ1v) is 14.7. The van der Waals surface area contributed by atoms with E-state index in [9.17, 15) is 13.2 Å². The summed E-state index contributed by atoms with van der Waals surface area (Å²) in [4.78, 5) is 15.5. The lowest BCUT2D eigenvalue weighted by molar-refractivity contribution is 0.0988. The van der Waals surface area contributed by atoms with Crippen molar-refractivity contribution < 1.29 is 17.9 Å². The third kappa shape index (κ3) is 4.56. The molecular formula is C27H27N3O4S2. The standard InChI is InChI=1S/C27H27N3O4S2/c1-17(2)24-23-25(29-28-24)27(31)30(20-10-8-18(9-11-20)19-12-14-35-16-19)26(23)21-6-4-5-7-22(21)34-13-15-36(3,32)33/h4-12,14,16-17,26H,13,15H2,1-3H3,(H,28,29). The van der Waals surface area contributed by atoms with Crippen molar-refractivity contribution in [2.45, 2.75) is 25.8 Å². The molecule has 1 amide bonds. The Balaban J connectivity index is 1.59.